The summed E-state index contributed by atoms with van der Waals surface area (Å²) < 4.78 is 0. The van der Waals surface area contributed by atoms with E-state index in [1.807, 2.05) is 0 Å². The zero-order valence-electron chi connectivity index (χ0n) is 9.92. The zero-order chi connectivity index (χ0) is 12.1. The molecule has 0 saturated heterocycles. The summed E-state index contributed by atoms with van der Waals surface area (Å²) in [6.45, 7) is 3.41. The van der Waals surface area contributed by atoms with E-state index in [9.17, 15) is 9.59 Å². The lowest BCUT2D eigenvalue weighted by Gasteiger charge is -2.14. The van der Waals surface area contributed by atoms with Crippen molar-refractivity contribution in [3.63, 3.8) is 0 Å². The van der Waals surface area contributed by atoms with Crippen molar-refractivity contribution >= 4 is 24.0 Å². The van der Waals surface area contributed by atoms with Gasteiger partial charge in [-0.05, 0) is 19.1 Å². The number of halogens is 1. The van der Waals surface area contributed by atoms with Crippen molar-refractivity contribution in [2.24, 2.45) is 5.73 Å². The molecule has 0 radical (unpaired) electrons. The topological polar surface area (TPSA) is 73.1 Å². The van der Waals surface area contributed by atoms with E-state index in [-0.39, 0.29) is 30.4 Å². The predicted molar refractivity (Wildman–Crippen MR) is 68.2 cm³/mol. The molecule has 2 unspecified atom stereocenters. The SMILES string of the molecule is CCC(=O)C(N)C(=O)C(C)c1ccccn1.Cl. The van der Waals surface area contributed by atoms with Crippen LogP contribution in [0.5, 0.6) is 0 Å². The van der Waals surface area contributed by atoms with Crippen molar-refractivity contribution in [3.8, 4) is 0 Å². The summed E-state index contributed by atoms with van der Waals surface area (Å²) in [6, 6.07) is 4.31. The van der Waals surface area contributed by atoms with Crippen LogP contribution in [-0.4, -0.2) is 22.6 Å². The van der Waals surface area contributed by atoms with Gasteiger partial charge in [-0.3, -0.25) is 14.6 Å². The zero-order valence-corrected chi connectivity index (χ0v) is 10.7. The van der Waals surface area contributed by atoms with Gasteiger partial charge in [-0.1, -0.05) is 13.0 Å². The Bertz CT molecular complexity index is 381. The van der Waals surface area contributed by atoms with E-state index in [0.29, 0.717) is 5.69 Å². The molecule has 2 N–H and O–H groups in total. The van der Waals surface area contributed by atoms with Gasteiger partial charge in [0.05, 0.1) is 11.6 Å². The number of aromatic nitrogens is 1. The third-order valence-corrected chi connectivity index (χ3v) is 2.56. The van der Waals surface area contributed by atoms with Crippen LogP contribution < -0.4 is 5.73 Å². The molecule has 5 heteroatoms. The van der Waals surface area contributed by atoms with E-state index in [1.54, 1.807) is 38.2 Å². The number of Topliss-reactive ketones (excluding diaryl/α,β-unsaturated/α-hetero) is 2. The predicted octanol–water partition coefficient (Wildman–Crippen LogP) is 1.48. The number of ketones is 2. The molecule has 0 aliphatic heterocycles. The molecule has 0 aliphatic rings. The highest BCUT2D eigenvalue weighted by Gasteiger charge is 2.26. The third-order valence-electron chi connectivity index (χ3n) is 2.56. The molecule has 4 nitrogen and oxygen atoms in total. The standard InChI is InChI=1S/C12H16N2O2.ClH/c1-3-10(15)11(13)12(16)8(2)9-6-4-5-7-14-9;/h4-8,11H,3,13H2,1-2H3;1H. The molecule has 0 bridgehead atoms. The molecule has 2 atom stereocenters. The minimum absolute atomic E-state index is 0. The first-order valence-electron chi connectivity index (χ1n) is 5.30. The quantitative estimate of drug-likeness (QED) is 0.810. The Morgan fingerprint density at radius 3 is 2.53 bits per heavy atom. The Kier molecular flexibility index (Phi) is 6.61. The van der Waals surface area contributed by atoms with E-state index in [0.717, 1.165) is 0 Å². The largest absolute Gasteiger partial charge is 0.315 e. The summed E-state index contributed by atoms with van der Waals surface area (Å²) in [5.41, 5.74) is 6.23. The minimum Gasteiger partial charge on any atom is -0.315 e. The molecule has 94 valence electrons. The monoisotopic (exact) mass is 256 g/mol. The molecule has 1 rings (SSSR count). The van der Waals surface area contributed by atoms with Crippen molar-refractivity contribution in [2.75, 3.05) is 0 Å². The van der Waals surface area contributed by atoms with Crippen LogP contribution in [0.1, 0.15) is 31.9 Å². The molecular formula is C12H17ClN2O2. The average Bonchev–Trinajstić information content (AvgIpc) is 2.36. The number of hydrogen-bond donors (Lipinski definition) is 1. The molecule has 1 aromatic heterocycles. The van der Waals surface area contributed by atoms with Crippen molar-refractivity contribution in [3.05, 3.63) is 30.1 Å². The molecule has 0 spiro atoms. The fourth-order valence-electron chi connectivity index (χ4n) is 1.43. The van der Waals surface area contributed by atoms with Crippen LogP contribution in [0.3, 0.4) is 0 Å². The van der Waals surface area contributed by atoms with Crippen LogP contribution in [0.4, 0.5) is 0 Å². The molecule has 1 heterocycles. The fourth-order valence-corrected chi connectivity index (χ4v) is 1.43. The van der Waals surface area contributed by atoms with Gasteiger partial charge in [0.25, 0.3) is 0 Å². The lowest BCUT2D eigenvalue weighted by Crippen LogP contribution is -2.40. The van der Waals surface area contributed by atoms with Crippen LogP contribution in [0, 0.1) is 0 Å². The highest BCUT2D eigenvalue weighted by molar-refractivity contribution is 6.08. The Balaban J connectivity index is 0.00000256. The van der Waals surface area contributed by atoms with Crippen LogP contribution >= 0.6 is 12.4 Å². The van der Waals surface area contributed by atoms with Gasteiger partial charge in [-0.25, -0.2) is 0 Å². The first-order chi connectivity index (χ1) is 7.57. The molecule has 1 aromatic rings. The van der Waals surface area contributed by atoms with Gasteiger partial charge in [-0.2, -0.15) is 0 Å². The first kappa shape index (κ1) is 15.7. The van der Waals surface area contributed by atoms with Gasteiger partial charge in [-0.15, -0.1) is 12.4 Å². The number of nitrogens with two attached hydrogens (primary N) is 1. The van der Waals surface area contributed by atoms with Gasteiger partial charge in [0.2, 0.25) is 0 Å². The van der Waals surface area contributed by atoms with E-state index >= 15 is 0 Å². The maximum Gasteiger partial charge on any atom is 0.165 e. The normalized spacial score (nSPS) is 13.4. The van der Waals surface area contributed by atoms with Crippen LogP contribution in [-0.2, 0) is 9.59 Å². The minimum atomic E-state index is -1.03. The Hall–Kier alpha value is -1.26. The molecule has 0 aliphatic carbocycles. The van der Waals surface area contributed by atoms with Gasteiger partial charge < -0.3 is 5.73 Å². The van der Waals surface area contributed by atoms with Crippen molar-refractivity contribution < 1.29 is 9.59 Å². The summed E-state index contributed by atoms with van der Waals surface area (Å²) in [5, 5.41) is 0. The number of carbonyl (C=O) groups is 2. The highest BCUT2D eigenvalue weighted by atomic mass is 35.5. The number of carbonyl (C=O) groups excluding carboxylic acids is 2. The smallest absolute Gasteiger partial charge is 0.165 e. The van der Waals surface area contributed by atoms with Crippen molar-refractivity contribution in [2.45, 2.75) is 32.2 Å². The molecule has 0 amide bonds. The number of rotatable bonds is 5. The van der Waals surface area contributed by atoms with Crippen LogP contribution in [0.15, 0.2) is 24.4 Å². The lowest BCUT2D eigenvalue weighted by molar-refractivity contribution is -0.129. The first-order valence-corrected chi connectivity index (χ1v) is 5.30. The van der Waals surface area contributed by atoms with Gasteiger partial charge >= 0.3 is 0 Å². The maximum absolute atomic E-state index is 11.9. The van der Waals surface area contributed by atoms with E-state index in [1.165, 1.54) is 0 Å². The Morgan fingerprint density at radius 1 is 1.41 bits per heavy atom. The molecule has 0 aromatic carbocycles. The number of hydrogen-bond acceptors (Lipinski definition) is 4. The average molecular weight is 257 g/mol. The number of pyridine rings is 1. The van der Waals surface area contributed by atoms with Gasteiger partial charge in [0.15, 0.2) is 11.6 Å². The highest BCUT2D eigenvalue weighted by Crippen LogP contribution is 2.14. The molecule has 0 saturated carbocycles. The van der Waals surface area contributed by atoms with E-state index in [2.05, 4.69) is 4.98 Å². The second kappa shape index (κ2) is 7.14. The van der Waals surface area contributed by atoms with Gasteiger partial charge in [0, 0.05) is 12.6 Å². The fraction of sp³-hybridized carbons (Fsp3) is 0.417. The Morgan fingerprint density at radius 2 is 2.06 bits per heavy atom. The maximum atomic E-state index is 11.9. The second-order valence-corrected chi connectivity index (χ2v) is 3.68. The molecular weight excluding hydrogens is 240 g/mol. The number of nitrogens with zero attached hydrogens (tertiary/aromatic N) is 1. The second-order valence-electron chi connectivity index (χ2n) is 3.68. The molecule has 0 fully saturated rings. The summed E-state index contributed by atoms with van der Waals surface area (Å²) >= 11 is 0. The van der Waals surface area contributed by atoms with Crippen LogP contribution in [0.2, 0.25) is 0 Å². The van der Waals surface area contributed by atoms with E-state index < -0.39 is 12.0 Å². The summed E-state index contributed by atoms with van der Waals surface area (Å²) in [5.74, 6) is -0.940. The summed E-state index contributed by atoms with van der Waals surface area (Å²) in [6.07, 6.45) is 1.90. The third kappa shape index (κ3) is 3.91. The lowest BCUT2D eigenvalue weighted by atomic mass is 9.94. The van der Waals surface area contributed by atoms with Crippen molar-refractivity contribution in [1.82, 2.24) is 4.98 Å². The van der Waals surface area contributed by atoms with Crippen molar-refractivity contribution in [1.29, 1.82) is 0 Å². The van der Waals surface area contributed by atoms with Gasteiger partial charge in [0.1, 0.15) is 6.04 Å². The molecule has 17 heavy (non-hydrogen) atoms. The summed E-state index contributed by atoms with van der Waals surface area (Å²) in [7, 11) is 0. The Labute approximate surface area is 107 Å². The summed E-state index contributed by atoms with van der Waals surface area (Å²) in [4.78, 5) is 27.3. The van der Waals surface area contributed by atoms with Crippen LogP contribution in [0.25, 0.3) is 0 Å². The van der Waals surface area contributed by atoms with E-state index in [4.69, 9.17) is 5.73 Å².